The van der Waals surface area contributed by atoms with E-state index in [0.717, 1.165) is 22.4 Å². The van der Waals surface area contributed by atoms with Crippen molar-refractivity contribution in [3.05, 3.63) is 95.9 Å². The van der Waals surface area contributed by atoms with Gasteiger partial charge in [0, 0.05) is 43.9 Å². The van der Waals surface area contributed by atoms with Crippen LogP contribution in [-0.4, -0.2) is 35.6 Å². The zero-order valence-electron chi connectivity index (χ0n) is 19.4. The van der Waals surface area contributed by atoms with Crippen LogP contribution in [-0.2, 0) is 22.1 Å². The van der Waals surface area contributed by atoms with Crippen molar-refractivity contribution in [1.82, 2.24) is 15.2 Å². The predicted molar refractivity (Wildman–Crippen MR) is 137 cm³/mol. The zero-order valence-corrected chi connectivity index (χ0v) is 20.2. The Kier molecular flexibility index (Phi) is 7.17. The van der Waals surface area contributed by atoms with Gasteiger partial charge in [-0.05, 0) is 52.6 Å². The lowest BCUT2D eigenvalue weighted by Crippen LogP contribution is -2.10. The Labute approximate surface area is 204 Å². The number of rotatable bonds is 9. The summed E-state index contributed by atoms with van der Waals surface area (Å²) in [5, 5.41) is 14.7. The third-order valence-corrected chi connectivity index (χ3v) is 6.06. The van der Waals surface area contributed by atoms with Gasteiger partial charge in [-0.25, -0.2) is 8.42 Å². The molecule has 0 unspecified atom stereocenters. The first kappa shape index (κ1) is 24.0. The summed E-state index contributed by atoms with van der Waals surface area (Å²) in [5.74, 6) is 0.248. The summed E-state index contributed by atoms with van der Waals surface area (Å²) >= 11 is 0. The SMILES string of the molecule is CC(=O)c1nnc(Nc2ccc(CS(C)(=O)=O)cc2)cc1NCc1cccc(-c2ccncc2)c1. The predicted octanol–water partition coefficient (Wildman–Crippen LogP) is 4.64. The molecule has 0 radical (unpaired) electrons. The van der Waals surface area contributed by atoms with E-state index in [1.807, 2.05) is 30.3 Å². The molecule has 0 saturated heterocycles. The molecule has 35 heavy (non-hydrogen) atoms. The van der Waals surface area contributed by atoms with E-state index in [9.17, 15) is 13.2 Å². The number of benzene rings is 2. The van der Waals surface area contributed by atoms with Crippen LogP contribution in [0.5, 0.6) is 0 Å². The third kappa shape index (κ3) is 6.70. The van der Waals surface area contributed by atoms with Gasteiger partial charge in [-0.1, -0.05) is 30.3 Å². The Hall–Kier alpha value is -4.11. The Bertz CT molecular complexity index is 1440. The minimum atomic E-state index is -3.10. The summed E-state index contributed by atoms with van der Waals surface area (Å²) in [6.07, 6.45) is 4.72. The van der Waals surface area contributed by atoms with Crippen molar-refractivity contribution in [1.29, 1.82) is 0 Å². The van der Waals surface area contributed by atoms with Crippen LogP contribution in [0.3, 0.4) is 0 Å². The fourth-order valence-corrected chi connectivity index (χ4v) is 4.38. The molecule has 178 valence electrons. The van der Waals surface area contributed by atoms with Gasteiger partial charge in [-0.3, -0.25) is 9.78 Å². The van der Waals surface area contributed by atoms with Crippen molar-refractivity contribution in [2.24, 2.45) is 0 Å². The number of ketones is 1. The highest BCUT2D eigenvalue weighted by atomic mass is 32.2. The maximum absolute atomic E-state index is 12.1. The standard InChI is InChI=1S/C26H25N5O3S/c1-18(32)26-24(28-16-20-4-3-5-22(14-20)21-10-12-27-13-11-21)15-25(30-31-26)29-23-8-6-19(7-9-23)17-35(2,33)34/h3-15H,16-17H2,1-2H3,(H2,28,29,30). The Balaban J connectivity index is 1.50. The number of carbonyl (C=O) groups excluding carboxylic acids is 1. The van der Waals surface area contributed by atoms with E-state index in [-0.39, 0.29) is 17.2 Å². The van der Waals surface area contributed by atoms with Gasteiger partial charge in [-0.2, -0.15) is 0 Å². The van der Waals surface area contributed by atoms with E-state index >= 15 is 0 Å². The van der Waals surface area contributed by atoms with E-state index in [0.29, 0.717) is 23.6 Å². The first-order valence-corrected chi connectivity index (χ1v) is 13.0. The van der Waals surface area contributed by atoms with Crippen LogP contribution in [0, 0.1) is 0 Å². The number of aromatic nitrogens is 3. The third-order valence-electron chi connectivity index (χ3n) is 5.21. The number of hydrogen-bond donors (Lipinski definition) is 2. The summed E-state index contributed by atoms with van der Waals surface area (Å²) in [5.41, 5.74) is 5.44. The summed E-state index contributed by atoms with van der Waals surface area (Å²) < 4.78 is 23.0. The Morgan fingerprint density at radius 3 is 2.31 bits per heavy atom. The molecule has 0 bridgehead atoms. The lowest BCUT2D eigenvalue weighted by Gasteiger charge is -2.13. The normalized spacial score (nSPS) is 11.1. The van der Waals surface area contributed by atoms with Crippen LogP contribution >= 0.6 is 0 Å². The van der Waals surface area contributed by atoms with E-state index < -0.39 is 9.84 Å². The molecular formula is C26H25N5O3S. The number of anilines is 3. The van der Waals surface area contributed by atoms with Crippen LogP contribution in [0.4, 0.5) is 17.2 Å². The number of nitrogens with one attached hydrogen (secondary N) is 2. The van der Waals surface area contributed by atoms with Crippen LogP contribution in [0.15, 0.2) is 79.1 Å². The van der Waals surface area contributed by atoms with Gasteiger partial charge in [0.15, 0.2) is 27.1 Å². The molecule has 8 nitrogen and oxygen atoms in total. The number of pyridine rings is 1. The molecule has 2 aromatic heterocycles. The molecule has 0 atom stereocenters. The van der Waals surface area contributed by atoms with Gasteiger partial charge >= 0.3 is 0 Å². The molecule has 2 aromatic carbocycles. The lowest BCUT2D eigenvalue weighted by molar-refractivity contribution is 0.101. The van der Waals surface area contributed by atoms with Crippen molar-refractivity contribution < 1.29 is 13.2 Å². The second-order valence-electron chi connectivity index (χ2n) is 8.23. The summed E-state index contributed by atoms with van der Waals surface area (Å²) in [4.78, 5) is 16.2. The number of Topliss-reactive ketones (excluding diaryl/α,β-unsaturated/α-hetero) is 1. The molecule has 4 aromatic rings. The molecule has 2 N–H and O–H groups in total. The number of hydrogen-bond acceptors (Lipinski definition) is 8. The quantitative estimate of drug-likeness (QED) is 0.328. The van der Waals surface area contributed by atoms with Gasteiger partial charge in [0.25, 0.3) is 0 Å². The highest BCUT2D eigenvalue weighted by molar-refractivity contribution is 7.89. The molecule has 0 fully saturated rings. The maximum Gasteiger partial charge on any atom is 0.182 e. The van der Waals surface area contributed by atoms with Gasteiger partial charge in [0.2, 0.25) is 0 Å². The second-order valence-corrected chi connectivity index (χ2v) is 10.4. The van der Waals surface area contributed by atoms with Gasteiger partial charge < -0.3 is 10.6 Å². The number of sulfone groups is 1. The van der Waals surface area contributed by atoms with Crippen LogP contribution in [0.1, 0.15) is 28.5 Å². The average molecular weight is 488 g/mol. The molecule has 0 aliphatic heterocycles. The van der Waals surface area contributed by atoms with Gasteiger partial charge in [0.1, 0.15) is 0 Å². The second kappa shape index (κ2) is 10.4. The van der Waals surface area contributed by atoms with Gasteiger partial charge in [0.05, 0.1) is 11.4 Å². The molecule has 0 aliphatic rings. The van der Waals surface area contributed by atoms with Crippen molar-refractivity contribution >= 4 is 32.8 Å². The summed E-state index contributed by atoms with van der Waals surface area (Å²) in [6.45, 7) is 1.94. The fourth-order valence-electron chi connectivity index (χ4n) is 3.59. The minimum absolute atomic E-state index is 0.0170. The summed E-state index contributed by atoms with van der Waals surface area (Å²) in [7, 11) is -3.10. The van der Waals surface area contributed by atoms with Crippen LogP contribution in [0.25, 0.3) is 11.1 Å². The van der Waals surface area contributed by atoms with Crippen molar-refractivity contribution in [2.45, 2.75) is 19.2 Å². The van der Waals surface area contributed by atoms with E-state index in [2.05, 4.69) is 31.9 Å². The zero-order chi connectivity index (χ0) is 24.8. The smallest absolute Gasteiger partial charge is 0.182 e. The van der Waals surface area contributed by atoms with Crippen LogP contribution in [0.2, 0.25) is 0 Å². The minimum Gasteiger partial charge on any atom is -0.379 e. The van der Waals surface area contributed by atoms with E-state index in [4.69, 9.17) is 0 Å². The molecule has 0 amide bonds. The monoisotopic (exact) mass is 487 g/mol. The van der Waals surface area contributed by atoms with Crippen molar-refractivity contribution in [2.75, 3.05) is 16.9 Å². The topological polar surface area (TPSA) is 114 Å². The fraction of sp³-hybridized carbons (Fsp3) is 0.154. The number of carbonyl (C=O) groups is 1. The van der Waals surface area contributed by atoms with Crippen molar-refractivity contribution in [3.8, 4) is 11.1 Å². The molecule has 2 heterocycles. The Morgan fingerprint density at radius 1 is 0.886 bits per heavy atom. The molecule has 0 saturated carbocycles. The first-order valence-electron chi connectivity index (χ1n) is 10.9. The molecule has 4 rings (SSSR count). The highest BCUT2D eigenvalue weighted by Crippen LogP contribution is 2.23. The molecule has 9 heteroatoms. The Morgan fingerprint density at radius 2 is 1.63 bits per heavy atom. The summed E-state index contributed by atoms with van der Waals surface area (Å²) in [6, 6.07) is 20.8. The average Bonchev–Trinajstić information content (AvgIpc) is 2.84. The lowest BCUT2D eigenvalue weighted by atomic mass is 10.0. The maximum atomic E-state index is 12.1. The number of nitrogens with zero attached hydrogens (tertiary/aromatic N) is 3. The van der Waals surface area contributed by atoms with E-state index in [1.54, 1.807) is 42.7 Å². The molecule has 0 aliphatic carbocycles. The van der Waals surface area contributed by atoms with E-state index in [1.165, 1.54) is 13.2 Å². The molecule has 0 spiro atoms. The largest absolute Gasteiger partial charge is 0.379 e. The van der Waals surface area contributed by atoms with Crippen LogP contribution < -0.4 is 10.6 Å². The van der Waals surface area contributed by atoms with Crippen molar-refractivity contribution in [3.63, 3.8) is 0 Å². The molecular weight excluding hydrogens is 462 g/mol. The first-order chi connectivity index (χ1) is 16.8. The van der Waals surface area contributed by atoms with Gasteiger partial charge in [-0.15, -0.1) is 10.2 Å². The highest BCUT2D eigenvalue weighted by Gasteiger charge is 2.12.